The Labute approximate surface area is 218 Å². The van der Waals surface area contributed by atoms with Crippen LogP contribution in [0.3, 0.4) is 0 Å². The molecule has 0 unspecified atom stereocenters. The second kappa shape index (κ2) is 11.0. The molecule has 0 aliphatic carbocycles. The van der Waals surface area contributed by atoms with E-state index in [1.165, 1.54) is 12.1 Å². The van der Waals surface area contributed by atoms with E-state index in [0.29, 0.717) is 16.7 Å². The van der Waals surface area contributed by atoms with Crippen LogP contribution in [0.5, 0.6) is 0 Å². The molecule has 0 fully saturated rings. The molecule has 1 amide bonds. The molecular weight excluding hydrogens is 466 g/mol. The Bertz CT molecular complexity index is 1310. The molecule has 6 nitrogen and oxygen atoms in total. The average Bonchev–Trinajstić information content (AvgIpc) is 2.86. The Morgan fingerprint density at radius 2 is 1.16 bits per heavy atom. The van der Waals surface area contributed by atoms with Crippen molar-refractivity contribution < 1.29 is 24.0 Å². The van der Waals surface area contributed by atoms with Crippen LogP contribution >= 0.6 is 0 Å². The van der Waals surface area contributed by atoms with E-state index in [9.17, 15) is 19.2 Å². The lowest BCUT2D eigenvalue weighted by atomic mass is 9.84. The highest BCUT2D eigenvalue weighted by molar-refractivity contribution is 6.16. The van der Waals surface area contributed by atoms with Gasteiger partial charge in [-0.3, -0.25) is 24.0 Å². The second-order valence-electron chi connectivity index (χ2n) is 11.0. The number of rotatable bonds is 8. The Morgan fingerprint density at radius 1 is 0.649 bits per heavy atom. The van der Waals surface area contributed by atoms with Gasteiger partial charge < -0.3 is 0 Å². The largest absolute Gasteiger partial charge is 0.294 e. The molecule has 3 aromatic carbocycles. The first-order valence-electron chi connectivity index (χ1n) is 12.1. The molecule has 0 aromatic heterocycles. The minimum absolute atomic E-state index is 0.0418. The topological polar surface area (TPSA) is 89.5 Å². The third-order valence-electron chi connectivity index (χ3n) is 5.79. The van der Waals surface area contributed by atoms with Gasteiger partial charge in [0.15, 0.2) is 17.3 Å². The van der Waals surface area contributed by atoms with Crippen molar-refractivity contribution in [3.8, 4) is 0 Å². The minimum Gasteiger partial charge on any atom is -0.294 e. The molecule has 0 aliphatic heterocycles. The zero-order valence-electron chi connectivity index (χ0n) is 22.2. The fourth-order valence-corrected chi connectivity index (χ4v) is 3.68. The normalized spacial score (nSPS) is 11.6. The molecule has 0 saturated heterocycles. The Balaban J connectivity index is 1.93. The molecule has 37 heavy (non-hydrogen) atoms. The number of carbonyl (C=O) groups is 4. The van der Waals surface area contributed by atoms with Crippen LogP contribution in [0.2, 0.25) is 0 Å². The first kappa shape index (κ1) is 27.7. The van der Waals surface area contributed by atoms with Crippen LogP contribution in [-0.4, -0.2) is 23.3 Å². The summed E-state index contributed by atoms with van der Waals surface area (Å²) in [4.78, 5) is 57.4. The zero-order chi connectivity index (χ0) is 27.4. The van der Waals surface area contributed by atoms with Gasteiger partial charge in [0.25, 0.3) is 5.91 Å². The van der Waals surface area contributed by atoms with E-state index in [4.69, 9.17) is 4.84 Å². The van der Waals surface area contributed by atoms with Crippen LogP contribution in [0.1, 0.15) is 94.1 Å². The lowest BCUT2D eigenvalue weighted by Crippen LogP contribution is -2.27. The monoisotopic (exact) mass is 499 g/mol. The predicted octanol–water partition coefficient (Wildman–Crippen LogP) is 6.24. The number of hydrogen-bond acceptors (Lipinski definition) is 5. The summed E-state index contributed by atoms with van der Waals surface area (Å²) in [6.45, 7) is 11.0. The molecule has 0 bridgehead atoms. The summed E-state index contributed by atoms with van der Waals surface area (Å²) < 4.78 is 0. The molecule has 0 aliphatic rings. The van der Waals surface area contributed by atoms with Gasteiger partial charge in [-0.2, -0.15) is 0 Å². The third-order valence-corrected chi connectivity index (χ3v) is 5.79. The van der Waals surface area contributed by atoms with E-state index in [-0.39, 0.29) is 29.3 Å². The van der Waals surface area contributed by atoms with Gasteiger partial charge in [0.05, 0.1) is 12.2 Å². The number of benzene rings is 3. The highest BCUT2D eigenvalue weighted by atomic mass is 16.6. The molecule has 6 heteroatoms. The van der Waals surface area contributed by atoms with Crippen molar-refractivity contribution in [2.24, 2.45) is 10.8 Å². The molecule has 3 rings (SSSR count). The first-order valence-corrected chi connectivity index (χ1v) is 12.1. The van der Waals surface area contributed by atoms with E-state index in [1.807, 2.05) is 51.1 Å². The molecular formula is C31H33NO5. The summed E-state index contributed by atoms with van der Waals surface area (Å²) >= 11 is 0. The second-order valence-corrected chi connectivity index (χ2v) is 11.0. The van der Waals surface area contributed by atoms with Crippen molar-refractivity contribution in [3.05, 3.63) is 106 Å². The van der Waals surface area contributed by atoms with Gasteiger partial charge in [-0.05, 0) is 17.7 Å². The highest BCUT2D eigenvalue weighted by Crippen LogP contribution is 2.25. The lowest BCUT2D eigenvalue weighted by molar-refractivity contribution is 0.0232. The van der Waals surface area contributed by atoms with Crippen LogP contribution in [0.25, 0.3) is 0 Å². The first-order chi connectivity index (χ1) is 17.3. The highest BCUT2D eigenvalue weighted by Gasteiger charge is 2.27. The van der Waals surface area contributed by atoms with E-state index in [0.717, 1.165) is 5.56 Å². The number of amides is 1. The lowest BCUT2D eigenvalue weighted by Gasteiger charge is -2.18. The van der Waals surface area contributed by atoms with Crippen LogP contribution in [0.4, 0.5) is 0 Å². The van der Waals surface area contributed by atoms with Gasteiger partial charge in [0.1, 0.15) is 0 Å². The van der Waals surface area contributed by atoms with Crippen molar-refractivity contribution >= 4 is 23.3 Å². The van der Waals surface area contributed by atoms with Gasteiger partial charge in [0.2, 0.25) is 0 Å². The van der Waals surface area contributed by atoms with Crippen LogP contribution in [-0.2, 0) is 11.4 Å². The molecule has 0 saturated carbocycles. The fraction of sp³-hybridized carbons (Fsp3) is 0.290. The summed E-state index contributed by atoms with van der Waals surface area (Å²) in [6, 6.07) is 20.1. The van der Waals surface area contributed by atoms with Crippen molar-refractivity contribution in [1.29, 1.82) is 0 Å². The van der Waals surface area contributed by atoms with E-state index >= 15 is 0 Å². The number of Topliss-reactive ketones (excluding diaryl/α,β-unsaturated/α-hetero) is 2. The summed E-state index contributed by atoms with van der Waals surface area (Å²) in [5, 5.41) is 0. The van der Waals surface area contributed by atoms with Gasteiger partial charge >= 0.3 is 0 Å². The molecule has 1 N–H and O–H groups in total. The molecule has 0 heterocycles. The maximum Gasteiger partial charge on any atom is 0.275 e. The average molecular weight is 500 g/mol. The number of hydroxylamine groups is 1. The number of carbonyl (C=O) groups excluding carboxylic acids is 4. The van der Waals surface area contributed by atoms with Gasteiger partial charge in [0, 0.05) is 33.1 Å². The predicted molar refractivity (Wildman–Crippen MR) is 143 cm³/mol. The number of ketones is 3. The fourth-order valence-electron chi connectivity index (χ4n) is 3.68. The standard InChI is InChI=1S/C31H33NO5/c1-30(2,3)27(34)22-14-12-21(13-15-22)26(33)25-18-23(28(35)31(4,5)6)16-17-24(25)29(36)32-37-19-20-10-8-7-9-11-20/h7-18H,19H2,1-6H3,(H,32,36). The van der Waals surface area contributed by atoms with Crippen molar-refractivity contribution in [1.82, 2.24) is 5.48 Å². The SMILES string of the molecule is CC(C)(C)C(=O)c1ccc(C(=O)c2cc(C(=O)C(C)(C)C)ccc2C(=O)NOCc2ccccc2)cc1. The number of hydrogen-bond donors (Lipinski definition) is 1. The van der Waals surface area contributed by atoms with E-state index in [1.54, 1.807) is 51.1 Å². The third kappa shape index (κ3) is 6.86. The summed E-state index contributed by atoms with van der Waals surface area (Å²) in [5.41, 5.74) is 3.31. The van der Waals surface area contributed by atoms with Crippen LogP contribution in [0.15, 0.2) is 72.8 Å². The Morgan fingerprint density at radius 3 is 1.73 bits per heavy atom. The van der Waals surface area contributed by atoms with Crippen LogP contribution < -0.4 is 5.48 Å². The maximum absolute atomic E-state index is 13.6. The quantitative estimate of drug-likeness (QED) is 0.293. The molecule has 0 atom stereocenters. The van der Waals surface area contributed by atoms with Crippen molar-refractivity contribution in [2.75, 3.05) is 0 Å². The summed E-state index contributed by atoms with van der Waals surface area (Å²) in [6.07, 6.45) is 0. The molecule has 3 aromatic rings. The van der Waals surface area contributed by atoms with Crippen molar-refractivity contribution in [2.45, 2.75) is 48.1 Å². The van der Waals surface area contributed by atoms with Crippen LogP contribution in [0, 0.1) is 10.8 Å². The molecule has 192 valence electrons. The van der Waals surface area contributed by atoms with Gasteiger partial charge in [-0.1, -0.05) is 102 Å². The smallest absolute Gasteiger partial charge is 0.275 e. The maximum atomic E-state index is 13.6. The summed E-state index contributed by atoms with van der Waals surface area (Å²) in [5.74, 6) is -1.24. The van der Waals surface area contributed by atoms with Gasteiger partial charge in [-0.25, -0.2) is 5.48 Å². The number of nitrogens with one attached hydrogen (secondary N) is 1. The summed E-state index contributed by atoms with van der Waals surface area (Å²) in [7, 11) is 0. The van der Waals surface area contributed by atoms with E-state index < -0.39 is 22.5 Å². The molecule has 0 spiro atoms. The Kier molecular flexibility index (Phi) is 8.24. The zero-order valence-corrected chi connectivity index (χ0v) is 22.2. The Hall–Kier alpha value is -3.90. The van der Waals surface area contributed by atoms with Gasteiger partial charge in [-0.15, -0.1) is 0 Å². The van der Waals surface area contributed by atoms with E-state index in [2.05, 4.69) is 5.48 Å². The van der Waals surface area contributed by atoms with Crippen molar-refractivity contribution in [3.63, 3.8) is 0 Å². The molecule has 0 radical (unpaired) electrons. The minimum atomic E-state index is -0.669.